The SMILES string of the molecule is CC1=C(c2ccc3nc(C)cc(Nc4ccc(-c5nc6ccc(Nc7ccnc(C)c7)cc6[nH]5)nc4)c3c2)CC(C)(C)OC1. The van der Waals surface area contributed by atoms with Gasteiger partial charge in [-0.25, -0.2) is 4.98 Å². The third-order valence-electron chi connectivity index (χ3n) is 8.03. The van der Waals surface area contributed by atoms with Crippen molar-refractivity contribution in [3.63, 3.8) is 0 Å². The van der Waals surface area contributed by atoms with Crippen LogP contribution in [0.25, 0.3) is 39.0 Å². The molecule has 0 spiro atoms. The van der Waals surface area contributed by atoms with Crippen molar-refractivity contribution >= 4 is 50.3 Å². The topological polar surface area (TPSA) is 101 Å². The van der Waals surface area contributed by atoms with Crippen molar-refractivity contribution in [2.24, 2.45) is 0 Å². The number of rotatable bonds is 6. The van der Waals surface area contributed by atoms with E-state index in [4.69, 9.17) is 19.7 Å². The van der Waals surface area contributed by atoms with Crippen molar-refractivity contribution in [3.05, 3.63) is 102 Å². The highest BCUT2D eigenvalue weighted by atomic mass is 16.5. The average Bonchev–Trinajstić information content (AvgIpc) is 3.42. The Morgan fingerprint density at radius 2 is 1.59 bits per heavy atom. The van der Waals surface area contributed by atoms with E-state index < -0.39 is 0 Å². The molecule has 0 amide bonds. The number of aromatic nitrogens is 5. The van der Waals surface area contributed by atoms with E-state index in [9.17, 15) is 0 Å². The molecule has 3 N–H and O–H groups in total. The largest absolute Gasteiger partial charge is 0.371 e. The van der Waals surface area contributed by atoms with Gasteiger partial charge in [0.15, 0.2) is 5.82 Å². The predicted molar refractivity (Wildman–Crippen MR) is 179 cm³/mol. The van der Waals surface area contributed by atoms with Crippen LogP contribution in [0, 0.1) is 13.8 Å². The highest BCUT2D eigenvalue weighted by Gasteiger charge is 2.27. The van der Waals surface area contributed by atoms with Gasteiger partial charge in [0.05, 0.1) is 40.6 Å². The standard InChI is InChI=1S/C36H35N7O/c1-21-20-44-36(4,5)18-29(21)24-6-9-30-28(16-24)33(15-23(3)39-30)41-27-8-11-32(38-19-27)35-42-31-10-7-25(17-34(31)43-35)40-26-12-13-37-22(2)14-26/h6-17,19H,18,20H2,1-5H3,(H,37,40)(H,39,41)(H,42,43). The van der Waals surface area contributed by atoms with Crippen LogP contribution in [0.2, 0.25) is 0 Å². The minimum absolute atomic E-state index is 0.178. The van der Waals surface area contributed by atoms with Crippen LogP contribution in [0.5, 0.6) is 0 Å². The van der Waals surface area contributed by atoms with Crippen molar-refractivity contribution < 1.29 is 4.74 Å². The molecule has 0 atom stereocenters. The zero-order valence-corrected chi connectivity index (χ0v) is 25.6. The van der Waals surface area contributed by atoms with Crippen LogP contribution in [0.1, 0.15) is 44.1 Å². The number of nitrogens with one attached hydrogen (secondary N) is 3. The van der Waals surface area contributed by atoms with Crippen molar-refractivity contribution in [2.45, 2.75) is 46.6 Å². The first-order valence-electron chi connectivity index (χ1n) is 14.9. The van der Waals surface area contributed by atoms with E-state index in [1.165, 1.54) is 16.7 Å². The summed E-state index contributed by atoms with van der Waals surface area (Å²) in [6.07, 6.45) is 4.53. The van der Waals surface area contributed by atoms with Gasteiger partial charge in [-0.2, -0.15) is 0 Å². The molecule has 0 aliphatic carbocycles. The average molecular weight is 582 g/mol. The lowest BCUT2D eigenvalue weighted by Crippen LogP contribution is -2.30. The molecular weight excluding hydrogens is 546 g/mol. The molecule has 0 radical (unpaired) electrons. The second-order valence-electron chi connectivity index (χ2n) is 12.2. The number of H-pyrrole nitrogens is 1. The molecule has 0 saturated heterocycles. The monoisotopic (exact) mass is 581 g/mol. The fourth-order valence-electron chi connectivity index (χ4n) is 5.78. The van der Waals surface area contributed by atoms with Crippen LogP contribution in [0.15, 0.2) is 84.7 Å². The summed E-state index contributed by atoms with van der Waals surface area (Å²) in [6.45, 7) is 11.1. The maximum Gasteiger partial charge on any atom is 0.157 e. The molecule has 0 unspecified atom stereocenters. The summed E-state index contributed by atoms with van der Waals surface area (Å²) in [4.78, 5) is 22.0. The maximum atomic E-state index is 6.02. The molecule has 7 rings (SSSR count). The van der Waals surface area contributed by atoms with Gasteiger partial charge in [-0.15, -0.1) is 0 Å². The van der Waals surface area contributed by atoms with Crippen LogP contribution in [-0.4, -0.2) is 37.1 Å². The van der Waals surface area contributed by atoms with Gasteiger partial charge < -0.3 is 20.4 Å². The first kappa shape index (κ1) is 27.7. The summed E-state index contributed by atoms with van der Waals surface area (Å²) in [5, 5.41) is 8.11. The Morgan fingerprint density at radius 3 is 2.41 bits per heavy atom. The highest BCUT2D eigenvalue weighted by molar-refractivity contribution is 5.95. The molecular formula is C36H35N7O. The minimum Gasteiger partial charge on any atom is -0.371 e. The molecule has 0 bridgehead atoms. The number of fused-ring (bicyclic) bond motifs is 2. The highest BCUT2D eigenvalue weighted by Crippen LogP contribution is 2.37. The van der Waals surface area contributed by atoms with Gasteiger partial charge in [0, 0.05) is 46.5 Å². The molecule has 4 aromatic heterocycles. The minimum atomic E-state index is -0.178. The second-order valence-corrected chi connectivity index (χ2v) is 12.2. The molecule has 8 heteroatoms. The number of nitrogens with zero attached hydrogens (tertiary/aromatic N) is 4. The van der Waals surface area contributed by atoms with Gasteiger partial charge >= 0.3 is 0 Å². The molecule has 0 fully saturated rings. The zero-order chi connectivity index (χ0) is 30.4. The third-order valence-corrected chi connectivity index (χ3v) is 8.03. The number of aromatic amines is 1. The van der Waals surface area contributed by atoms with Crippen LogP contribution < -0.4 is 10.6 Å². The van der Waals surface area contributed by atoms with Crippen molar-refractivity contribution in [2.75, 3.05) is 17.2 Å². The Hall–Kier alpha value is -5.08. The first-order chi connectivity index (χ1) is 21.2. The summed E-state index contributed by atoms with van der Waals surface area (Å²) in [5.74, 6) is 0.723. The van der Waals surface area contributed by atoms with Gasteiger partial charge in [0.1, 0.15) is 5.69 Å². The Labute approximate surface area is 256 Å². The van der Waals surface area contributed by atoms with Gasteiger partial charge in [-0.3, -0.25) is 15.0 Å². The number of imidazole rings is 1. The Morgan fingerprint density at radius 1 is 0.773 bits per heavy atom. The summed E-state index contributed by atoms with van der Waals surface area (Å²) in [5.41, 5.74) is 13.0. The molecule has 8 nitrogen and oxygen atoms in total. The molecule has 1 aliphatic rings. The summed E-state index contributed by atoms with van der Waals surface area (Å²) in [6, 6.07) is 22.7. The number of ether oxygens (including phenoxy) is 1. The van der Waals surface area contributed by atoms with Crippen LogP contribution >= 0.6 is 0 Å². The van der Waals surface area contributed by atoms with E-state index in [2.05, 4.69) is 71.7 Å². The number of pyridine rings is 3. The van der Waals surface area contributed by atoms with Crippen molar-refractivity contribution in [3.8, 4) is 11.5 Å². The molecule has 220 valence electrons. The van der Waals surface area contributed by atoms with Gasteiger partial charge in [0.2, 0.25) is 0 Å². The molecule has 2 aromatic carbocycles. The number of anilines is 4. The number of benzene rings is 2. The third kappa shape index (κ3) is 5.64. The van der Waals surface area contributed by atoms with Gasteiger partial charge in [-0.1, -0.05) is 6.07 Å². The van der Waals surface area contributed by atoms with Crippen LogP contribution in [0.4, 0.5) is 22.7 Å². The normalized spacial score (nSPS) is 14.8. The molecule has 5 heterocycles. The van der Waals surface area contributed by atoms with Crippen molar-refractivity contribution in [1.82, 2.24) is 24.9 Å². The first-order valence-corrected chi connectivity index (χ1v) is 14.9. The van der Waals surface area contributed by atoms with Crippen LogP contribution in [-0.2, 0) is 4.74 Å². The number of hydrogen-bond donors (Lipinski definition) is 3. The lowest BCUT2D eigenvalue weighted by atomic mass is 9.87. The van der Waals surface area contributed by atoms with E-state index in [1.54, 1.807) is 6.20 Å². The lowest BCUT2D eigenvalue weighted by molar-refractivity contribution is -0.00757. The summed E-state index contributed by atoms with van der Waals surface area (Å²) >= 11 is 0. The lowest BCUT2D eigenvalue weighted by Gasteiger charge is -2.33. The maximum absolute atomic E-state index is 6.02. The second kappa shape index (κ2) is 10.9. The van der Waals surface area contributed by atoms with Crippen molar-refractivity contribution in [1.29, 1.82) is 0 Å². The molecule has 0 saturated carbocycles. The number of aryl methyl sites for hydroxylation is 2. The summed E-state index contributed by atoms with van der Waals surface area (Å²) < 4.78 is 6.02. The van der Waals surface area contributed by atoms with E-state index in [1.807, 2.05) is 56.4 Å². The molecule has 1 aliphatic heterocycles. The Balaban J connectivity index is 1.14. The van der Waals surface area contributed by atoms with Crippen LogP contribution in [0.3, 0.4) is 0 Å². The zero-order valence-electron chi connectivity index (χ0n) is 25.6. The van der Waals surface area contributed by atoms with Gasteiger partial charge in [0.25, 0.3) is 0 Å². The summed E-state index contributed by atoms with van der Waals surface area (Å²) in [7, 11) is 0. The molecule has 44 heavy (non-hydrogen) atoms. The predicted octanol–water partition coefficient (Wildman–Crippen LogP) is 8.64. The van der Waals surface area contributed by atoms with E-state index in [0.717, 1.165) is 74.0 Å². The Kier molecular flexibility index (Phi) is 6.86. The van der Waals surface area contributed by atoms with Gasteiger partial charge in [-0.05, 0) is 112 Å². The van der Waals surface area contributed by atoms with E-state index in [0.29, 0.717) is 6.61 Å². The number of hydrogen-bond acceptors (Lipinski definition) is 7. The smallest absolute Gasteiger partial charge is 0.157 e. The van der Waals surface area contributed by atoms with E-state index in [-0.39, 0.29) is 5.60 Å². The van der Waals surface area contributed by atoms with E-state index >= 15 is 0 Å². The Bertz CT molecular complexity index is 2060. The quantitative estimate of drug-likeness (QED) is 0.181. The fourth-order valence-corrected chi connectivity index (χ4v) is 5.78. The fraction of sp³-hybridized carbons (Fsp3) is 0.222. The molecule has 6 aromatic rings.